The summed E-state index contributed by atoms with van der Waals surface area (Å²) in [6.07, 6.45) is -1.14. The van der Waals surface area contributed by atoms with Gasteiger partial charge in [-0.3, -0.25) is 9.59 Å². The van der Waals surface area contributed by atoms with E-state index in [2.05, 4.69) is 29.6 Å². The number of ether oxygens (including phenoxy) is 2. The molecule has 0 spiro atoms. The Hall–Kier alpha value is -3.39. The summed E-state index contributed by atoms with van der Waals surface area (Å²) in [6.45, 7) is 3.98. The van der Waals surface area contributed by atoms with Gasteiger partial charge in [0, 0.05) is 32.7 Å². The second-order valence-electron chi connectivity index (χ2n) is 9.49. The number of hydrogen-bond acceptors (Lipinski definition) is 5. The molecule has 2 atom stereocenters. The molecule has 2 aromatic rings. The summed E-state index contributed by atoms with van der Waals surface area (Å²) in [5, 5.41) is 12.1. The van der Waals surface area contributed by atoms with E-state index in [-0.39, 0.29) is 38.1 Å². The number of likely N-dealkylation sites (tertiary alicyclic amines) is 1. The molecule has 0 saturated carbocycles. The Labute approximate surface area is 198 Å². The van der Waals surface area contributed by atoms with Crippen molar-refractivity contribution in [2.75, 3.05) is 33.4 Å². The normalized spacial score (nSPS) is 19.4. The Balaban J connectivity index is 1.34. The van der Waals surface area contributed by atoms with Gasteiger partial charge >= 0.3 is 12.1 Å². The summed E-state index contributed by atoms with van der Waals surface area (Å²) in [5.41, 5.74) is 3.62. The molecule has 2 aliphatic rings. The molecule has 1 saturated heterocycles. The molecule has 2 N–H and O–H groups in total. The van der Waals surface area contributed by atoms with Crippen molar-refractivity contribution >= 4 is 18.0 Å². The summed E-state index contributed by atoms with van der Waals surface area (Å²) in [5.74, 6) is -2.04. The number of carbonyl (C=O) groups is 3. The summed E-state index contributed by atoms with van der Waals surface area (Å²) in [7, 11) is 1.44. The van der Waals surface area contributed by atoms with Gasteiger partial charge in [0.25, 0.3) is 0 Å². The monoisotopic (exact) mass is 466 g/mol. The minimum absolute atomic E-state index is 0.0451. The second kappa shape index (κ2) is 9.46. The third kappa shape index (κ3) is 4.50. The van der Waals surface area contributed by atoms with E-state index in [1.165, 1.54) is 12.0 Å². The van der Waals surface area contributed by atoms with E-state index in [0.29, 0.717) is 0 Å². The van der Waals surface area contributed by atoms with Crippen molar-refractivity contribution in [1.29, 1.82) is 0 Å². The molecule has 2 aromatic carbocycles. The highest BCUT2D eigenvalue weighted by atomic mass is 16.5. The van der Waals surface area contributed by atoms with Crippen molar-refractivity contribution < 1.29 is 29.0 Å². The van der Waals surface area contributed by atoms with Crippen LogP contribution in [0.2, 0.25) is 0 Å². The SMILES string of the molecule is COC1CN(C(=O)C(C)(C)CNC(=O)OCC2c3ccccc3-c3ccccc32)CC1C(=O)O. The third-order valence-electron chi connectivity index (χ3n) is 6.77. The van der Waals surface area contributed by atoms with Crippen LogP contribution < -0.4 is 5.32 Å². The van der Waals surface area contributed by atoms with Gasteiger partial charge < -0.3 is 24.8 Å². The highest BCUT2D eigenvalue weighted by Gasteiger charge is 2.43. The molecule has 34 heavy (non-hydrogen) atoms. The number of nitrogens with one attached hydrogen (secondary N) is 1. The van der Waals surface area contributed by atoms with Gasteiger partial charge in [-0.25, -0.2) is 4.79 Å². The fourth-order valence-electron chi connectivity index (χ4n) is 4.86. The van der Waals surface area contributed by atoms with E-state index in [9.17, 15) is 19.5 Å². The molecule has 8 nitrogen and oxygen atoms in total. The van der Waals surface area contributed by atoms with Crippen LogP contribution in [0, 0.1) is 11.3 Å². The number of amides is 2. The van der Waals surface area contributed by atoms with Gasteiger partial charge in [0.05, 0.1) is 11.5 Å². The maximum Gasteiger partial charge on any atom is 0.407 e. The zero-order chi connectivity index (χ0) is 24.5. The quantitative estimate of drug-likeness (QED) is 0.650. The average molecular weight is 467 g/mol. The van der Waals surface area contributed by atoms with E-state index in [1.54, 1.807) is 13.8 Å². The van der Waals surface area contributed by atoms with Gasteiger partial charge in [0.2, 0.25) is 5.91 Å². The van der Waals surface area contributed by atoms with Crippen LogP contribution in [0.25, 0.3) is 11.1 Å². The molecule has 2 amide bonds. The van der Waals surface area contributed by atoms with E-state index in [4.69, 9.17) is 9.47 Å². The zero-order valence-electron chi connectivity index (χ0n) is 19.6. The Kier molecular flexibility index (Phi) is 6.61. The van der Waals surface area contributed by atoms with Gasteiger partial charge in [-0.15, -0.1) is 0 Å². The summed E-state index contributed by atoms with van der Waals surface area (Å²) >= 11 is 0. The second-order valence-corrected chi connectivity index (χ2v) is 9.49. The van der Waals surface area contributed by atoms with Crippen molar-refractivity contribution in [2.45, 2.75) is 25.9 Å². The third-order valence-corrected chi connectivity index (χ3v) is 6.77. The van der Waals surface area contributed by atoms with E-state index < -0.39 is 29.5 Å². The molecule has 0 bridgehead atoms. The number of carbonyl (C=O) groups excluding carboxylic acids is 2. The van der Waals surface area contributed by atoms with Crippen LogP contribution in [0.5, 0.6) is 0 Å². The predicted octanol–water partition coefficient (Wildman–Crippen LogP) is 3.11. The van der Waals surface area contributed by atoms with Crippen LogP contribution in [0.1, 0.15) is 30.9 Å². The Morgan fingerprint density at radius 3 is 2.15 bits per heavy atom. The fraction of sp³-hybridized carbons (Fsp3) is 0.423. The lowest BCUT2D eigenvalue weighted by molar-refractivity contribution is -0.144. The molecule has 1 aliphatic carbocycles. The van der Waals surface area contributed by atoms with Crippen LogP contribution in [0.3, 0.4) is 0 Å². The van der Waals surface area contributed by atoms with Crippen LogP contribution in [-0.4, -0.2) is 67.4 Å². The van der Waals surface area contributed by atoms with Gasteiger partial charge in [0.15, 0.2) is 0 Å². The molecule has 0 radical (unpaired) electrons. The predicted molar refractivity (Wildman–Crippen MR) is 125 cm³/mol. The largest absolute Gasteiger partial charge is 0.481 e. The number of alkyl carbamates (subject to hydrolysis) is 1. The molecule has 0 aromatic heterocycles. The van der Waals surface area contributed by atoms with Gasteiger partial charge in [0.1, 0.15) is 12.5 Å². The van der Waals surface area contributed by atoms with E-state index in [0.717, 1.165) is 22.3 Å². The van der Waals surface area contributed by atoms with Crippen LogP contribution >= 0.6 is 0 Å². The molecule has 4 rings (SSSR count). The lowest BCUT2D eigenvalue weighted by Gasteiger charge is -2.29. The topological polar surface area (TPSA) is 105 Å². The molecule has 1 aliphatic heterocycles. The lowest BCUT2D eigenvalue weighted by atomic mass is 9.91. The summed E-state index contributed by atoms with van der Waals surface area (Å²) < 4.78 is 10.8. The van der Waals surface area contributed by atoms with E-state index >= 15 is 0 Å². The number of carboxylic acids is 1. The maximum absolute atomic E-state index is 13.0. The molecular weight excluding hydrogens is 436 g/mol. The highest BCUT2D eigenvalue weighted by molar-refractivity contribution is 5.84. The van der Waals surface area contributed by atoms with E-state index in [1.807, 2.05) is 24.3 Å². The van der Waals surface area contributed by atoms with Crippen molar-refractivity contribution in [2.24, 2.45) is 11.3 Å². The number of benzene rings is 2. The standard InChI is InChI=1S/C26H30N2O6/c1-26(2,24(31)28-12-20(23(29)30)22(13-28)33-3)15-27-25(32)34-14-21-18-10-6-4-8-16(18)17-9-5-7-11-19(17)21/h4-11,20-22H,12-15H2,1-3H3,(H,27,32)(H,29,30). The average Bonchev–Trinajstić information content (AvgIpc) is 3.41. The number of nitrogens with zero attached hydrogens (tertiary/aromatic N) is 1. The Bertz CT molecular complexity index is 1050. The lowest BCUT2D eigenvalue weighted by Crippen LogP contribution is -2.46. The number of methoxy groups -OCH3 is 1. The summed E-state index contributed by atoms with van der Waals surface area (Å²) in [4.78, 5) is 38.5. The number of rotatable bonds is 7. The Morgan fingerprint density at radius 2 is 1.62 bits per heavy atom. The highest BCUT2D eigenvalue weighted by Crippen LogP contribution is 2.44. The van der Waals surface area contributed by atoms with Crippen molar-refractivity contribution in [3.63, 3.8) is 0 Å². The van der Waals surface area contributed by atoms with Gasteiger partial charge in [-0.2, -0.15) is 0 Å². The van der Waals surface area contributed by atoms with Crippen molar-refractivity contribution in [1.82, 2.24) is 10.2 Å². The Morgan fingerprint density at radius 1 is 1.03 bits per heavy atom. The molecule has 1 heterocycles. The number of fused-ring (bicyclic) bond motifs is 3. The maximum atomic E-state index is 13.0. The molecule has 180 valence electrons. The molecule has 8 heteroatoms. The van der Waals surface area contributed by atoms with Crippen LogP contribution in [0.4, 0.5) is 4.79 Å². The number of hydrogen-bond donors (Lipinski definition) is 2. The van der Waals surface area contributed by atoms with Crippen molar-refractivity contribution in [3.8, 4) is 11.1 Å². The smallest absolute Gasteiger partial charge is 0.407 e. The first-order valence-corrected chi connectivity index (χ1v) is 11.4. The van der Waals surface area contributed by atoms with Crippen LogP contribution in [-0.2, 0) is 19.1 Å². The van der Waals surface area contributed by atoms with Crippen molar-refractivity contribution in [3.05, 3.63) is 59.7 Å². The first-order valence-electron chi connectivity index (χ1n) is 11.4. The zero-order valence-corrected chi connectivity index (χ0v) is 19.6. The summed E-state index contributed by atoms with van der Waals surface area (Å²) in [6, 6.07) is 16.2. The minimum Gasteiger partial charge on any atom is -0.481 e. The number of aliphatic carboxylic acids is 1. The molecule has 2 unspecified atom stereocenters. The first-order chi connectivity index (χ1) is 16.2. The molecule has 1 fully saturated rings. The van der Waals surface area contributed by atoms with Crippen LogP contribution in [0.15, 0.2) is 48.5 Å². The first kappa shape index (κ1) is 23.8. The number of carboxylic acid groups (broad SMARTS) is 1. The minimum atomic E-state index is -0.989. The van der Waals surface area contributed by atoms with Gasteiger partial charge in [-0.05, 0) is 36.1 Å². The fourth-order valence-corrected chi connectivity index (χ4v) is 4.86. The molecular formula is C26H30N2O6. The van der Waals surface area contributed by atoms with Gasteiger partial charge in [-0.1, -0.05) is 48.5 Å².